The zero-order valence-electron chi connectivity index (χ0n) is 15.2. The number of hydrogen-bond donors (Lipinski definition) is 1. The molecule has 1 aliphatic rings. The lowest BCUT2D eigenvalue weighted by molar-refractivity contribution is -0.150. The molecular weight excluding hydrogens is 360 g/mol. The Bertz CT molecular complexity index is 871. The molecule has 2 aromatic rings. The highest BCUT2D eigenvalue weighted by atomic mass is 19.3. The zero-order valence-corrected chi connectivity index (χ0v) is 15.2. The average molecular weight is 379 g/mol. The summed E-state index contributed by atoms with van der Waals surface area (Å²) >= 11 is 0. The Morgan fingerprint density at radius 2 is 1.93 bits per heavy atom. The standard InChI is InChI=1S/C17H19F2N5O3/c1-9-12(14(25)27-17(2,3)4)13(24-16(20-9)21-22-23-24)10-5-7-11(8-6-10)26-15(18)19/h5-8,13,15H,1-4H3,(H,20,21,23). The van der Waals surface area contributed by atoms with E-state index in [9.17, 15) is 13.6 Å². The number of benzene rings is 1. The second-order valence-electron chi connectivity index (χ2n) is 6.96. The van der Waals surface area contributed by atoms with Gasteiger partial charge in [-0.1, -0.05) is 17.2 Å². The summed E-state index contributed by atoms with van der Waals surface area (Å²) in [5.74, 6) is -0.150. The third-order valence-corrected chi connectivity index (χ3v) is 3.75. The van der Waals surface area contributed by atoms with E-state index in [-0.39, 0.29) is 5.75 Å². The predicted molar refractivity (Wildman–Crippen MR) is 91.2 cm³/mol. The molecule has 0 aliphatic carbocycles. The number of nitrogens with one attached hydrogen (secondary N) is 1. The maximum atomic E-state index is 12.8. The van der Waals surface area contributed by atoms with Crippen molar-refractivity contribution < 1.29 is 23.0 Å². The maximum absolute atomic E-state index is 12.8. The van der Waals surface area contributed by atoms with Gasteiger partial charge in [-0.25, -0.2) is 4.79 Å². The van der Waals surface area contributed by atoms with Gasteiger partial charge in [-0.3, -0.25) is 0 Å². The van der Waals surface area contributed by atoms with Gasteiger partial charge in [0.2, 0.25) is 5.95 Å². The Morgan fingerprint density at radius 3 is 2.52 bits per heavy atom. The molecule has 0 saturated heterocycles. The molecular formula is C17H19F2N5O3. The number of nitrogens with zero attached hydrogens (tertiary/aromatic N) is 4. The number of hydrogen-bond acceptors (Lipinski definition) is 7. The van der Waals surface area contributed by atoms with Gasteiger partial charge >= 0.3 is 12.6 Å². The van der Waals surface area contributed by atoms with Crippen molar-refractivity contribution in [1.82, 2.24) is 20.2 Å². The van der Waals surface area contributed by atoms with Crippen LogP contribution in [0.3, 0.4) is 0 Å². The lowest BCUT2D eigenvalue weighted by Crippen LogP contribution is -2.33. The van der Waals surface area contributed by atoms with Gasteiger partial charge in [0.1, 0.15) is 17.4 Å². The summed E-state index contributed by atoms with van der Waals surface area (Å²) in [6, 6.07) is 5.28. The number of carbonyl (C=O) groups excluding carboxylic acids is 1. The molecule has 144 valence electrons. The van der Waals surface area contributed by atoms with Gasteiger partial charge in [0, 0.05) is 5.70 Å². The Labute approximate surface area is 154 Å². The van der Waals surface area contributed by atoms with Crippen LogP contribution in [0.1, 0.15) is 39.3 Å². The minimum atomic E-state index is -2.92. The van der Waals surface area contributed by atoms with E-state index in [0.717, 1.165) is 0 Å². The minimum absolute atomic E-state index is 0.0131. The number of rotatable bonds is 4. The van der Waals surface area contributed by atoms with E-state index in [0.29, 0.717) is 22.8 Å². The van der Waals surface area contributed by atoms with Crippen molar-refractivity contribution in [2.75, 3.05) is 5.32 Å². The van der Waals surface area contributed by atoms with Crippen LogP contribution in [0.2, 0.25) is 0 Å². The summed E-state index contributed by atoms with van der Waals surface area (Å²) in [5.41, 5.74) is 0.800. The number of aromatic nitrogens is 4. The lowest BCUT2D eigenvalue weighted by Gasteiger charge is -2.29. The largest absolute Gasteiger partial charge is 0.456 e. The normalized spacial score (nSPS) is 16.8. The van der Waals surface area contributed by atoms with Crippen LogP contribution in [-0.2, 0) is 9.53 Å². The molecule has 2 heterocycles. The second-order valence-corrected chi connectivity index (χ2v) is 6.96. The number of carbonyl (C=O) groups is 1. The zero-order chi connectivity index (χ0) is 19.8. The van der Waals surface area contributed by atoms with Crippen LogP contribution in [0.4, 0.5) is 14.7 Å². The third kappa shape index (κ3) is 4.04. The van der Waals surface area contributed by atoms with E-state index in [2.05, 4.69) is 25.6 Å². The number of anilines is 1. The quantitative estimate of drug-likeness (QED) is 0.817. The third-order valence-electron chi connectivity index (χ3n) is 3.75. The van der Waals surface area contributed by atoms with Gasteiger partial charge in [0.15, 0.2) is 0 Å². The van der Waals surface area contributed by atoms with Crippen LogP contribution in [0.15, 0.2) is 35.5 Å². The molecule has 27 heavy (non-hydrogen) atoms. The van der Waals surface area contributed by atoms with Gasteiger partial charge in [-0.2, -0.15) is 13.5 Å². The molecule has 1 aliphatic heterocycles. The monoisotopic (exact) mass is 379 g/mol. The molecule has 1 unspecified atom stereocenters. The molecule has 1 N–H and O–H groups in total. The van der Waals surface area contributed by atoms with E-state index in [1.807, 2.05) is 0 Å². The van der Waals surface area contributed by atoms with E-state index in [1.165, 1.54) is 16.8 Å². The van der Waals surface area contributed by atoms with Crippen molar-refractivity contribution >= 4 is 11.9 Å². The molecule has 0 fully saturated rings. The highest BCUT2D eigenvalue weighted by Crippen LogP contribution is 2.36. The fraction of sp³-hybridized carbons (Fsp3) is 0.412. The minimum Gasteiger partial charge on any atom is -0.456 e. The van der Waals surface area contributed by atoms with Crippen LogP contribution < -0.4 is 10.1 Å². The van der Waals surface area contributed by atoms with Crippen molar-refractivity contribution in [2.45, 2.75) is 45.9 Å². The summed E-state index contributed by atoms with van der Waals surface area (Å²) in [7, 11) is 0. The molecule has 1 aromatic carbocycles. The maximum Gasteiger partial charge on any atom is 0.387 e. The van der Waals surface area contributed by atoms with Gasteiger partial charge in [-0.15, -0.1) is 0 Å². The fourth-order valence-corrected chi connectivity index (χ4v) is 2.75. The number of esters is 1. The Kier molecular flexibility index (Phi) is 4.81. The van der Waals surface area contributed by atoms with Crippen molar-refractivity contribution in [3.63, 3.8) is 0 Å². The first-order valence-corrected chi connectivity index (χ1v) is 8.19. The summed E-state index contributed by atoms with van der Waals surface area (Å²) in [4.78, 5) is 12.8. The van der Waals surface area contributed by atoms with Crippen LogP contribution in [0, 0.1) is 0 Å². The summed E-state index contributed by atoms with van der Waals surface area (Å²) in [5, 5.41) is 14.5. The van der Waals surface area contributed by atoms with Crippen LogP contribution >= 0.6 is 0 Å². The molecule has 0 amide bonds. The number of fused-ring (bicyclic) bond motifs is 1. The summed E-state index contributed by atoms with van der Waals surface area (Å²) in [6.07, 6.45) is 0. The predicted octanol–water partition coefficient (Wildman–Crippen LogP) is 2.91. The molecule has 1 atom stereocenters. The highest BCUT2D eigenvalue weighted by Gasteiger charge is 2.36. The topological polar surface area (TPSA) is 91.2 Å². The van der Waals surface area contributed by atoms with Crippen molar-refractivity contribution in [3.8, 4) is 5.75 Å². The SMILES string of the molecule is CC1=C(C(=O)OC(C)(C)C)C(c2ccc(OC(F)F)cc2)n2nnnc2N1. The number of ether oxygens (including phenoxy) is 2. The Balaban J connectivity index is 2.02. The first-order chi connectivity index (χ1) is 12.7. The number of alkyl halides is 2. The molecule has 8 nitrogen and oxygen atoms in total. The molecule has 0 saturated carbocycles. The molecule has 1 aromatic heterocycles. The highest BCUT2D eigenvalue weighted by molar-refractivity contribution is 5.92. The second kappa shape index (κ2) is 6.93. The number of tetrazole rings is 1. The Hall–Kier alpha value is -3.04. The van der Waals surface area contributed by atoms with Gasteiger partial charge < -0.3 is 14.8 Å². The molecule has 3 rings (SSSR count). The average Bonchev–Trinajstić information content (AvgIpc) is 3.00. The molecule has 0 bridgehead atoms. The van der Waals surface area contributed by atoms with E-state index in [4.69, 9.17) is 4.74 Å². The summed E-state index contributed by atoms with van der Waals surface area (Å²) < 4.78 is 36.1. The van der Waals surface area contributed by atoms with Crippen LogP contribution in [0.25, 0.3) is 0 Å². The molecule has 0 radical (unpaired) electrons. The van der Waals surface area contributed by atoms with E-state index < -0.39 is 24.2 Å². The smallest absolute Gasteiger partial charge is 0.387 e. The van der Waals surface area contributed by atoms with Crippen LogP contribution in [-0.4, -0.2) is 38.4 Å². The molecule has 10 heteroatoms. The van der Waals surface area contributed by atoms with Gasteiger partial charge in [-0.05, 0) is 55.8 Å². The van der Waals surface area contributed by atoms with Crippen molar-refractivity contribution in [1.29, 1.82) is 0 Å². The number of halogens is 2. The first-order valence-electron chi connectivity index (χ1n) is 8.19. The fourth-order valence-electron chi connectivity index (χ4n) is 2.75. The van der Waals surface area contributed by atoms with Crippen molar-refractivity contribution in [2.24, 2.45) is 0 Å². The van der Waals surface area contributed by atoms with E-state index >= 15 is 0 Å². The molecule has 0 spiro atoms. The van der Waals surface area contributed by atoms with E-state index in [1.54, 1.807) is 39.8 Å². The lowest BCUT2D eigenvalue weighted by atomic mass is 9.95. The van der Waals surface area contributed by atoms with Gasteiger partial charge in [0.25, 0.3) is 0 Å². The van der Waals surface area contributed by atoms with Crippen LogP contribution in [0.5, 0.6) is 5.75 Å². The Morgan fingerprint density at radius 1 is 1.26 bits per heavy atom. The van der Waals surface area contributed by atoms with Crippen molar-refractivity contribution in [3.05, 3.63) is 41.1 Å². The summed E-state index contributed by atoms with van der Waals surface area (Å²) in [6.45, 7) is 4.11. The first kappa shape index (κ1) is 18.7. The number of allylic oxidation sites excluding steroid dienone is 1. The van der Waals surface area contributed by atoms with Gasteiger partial charge in [0.05, 0.1) is 5.57 Å².